The van der Waals surface area contributed by atoms with E-state index in [1.807, 2.05) is 65.8 Å². The SMILES string of the molecule is CCOC(=O)C1=C(c2ccccc2)N=C2SC=C(CC(=O)N3CCC[C@@H](C(=O)OCC)C3)N2[C@@H]1c1cccc(C)c1. The van der Waals surface area contributed by atoms with Gasteiger partial charge in [0.05, 0.1) is 42.9 Å². The number of thioether (sulfide) groups is 1. The molecule has 0 radical (unpaired) electrons. The lowest BCUT2D eigenvalue weighted by Gasteiger charge is -2.38. The van der Waals surface area contributed by atoms with Gasteiger partial charge < -0.3 is 19.3 Å². The Balaban J connectivity index is 1.51. The van der Waals surface area contributed by atoms with Crippen molar-refractivity contribution >= 4 is 40.5 Å². The zero-order chi connectivity index (χ0) is 28.9. The maximum atomic E-state index is 13.6. The summed E-state index contributed by atoms with van der Waals surface area (Å²) in [5.74, 6) is -1.05. The van der Waals surface area contributed by atoms with E-state index >= 15 is 0 Å². The van der Waals surface area contributed by atoms with Crippen molar-refractivity contribution in [3.05, 3.63) is 88.0 Å². The molecule has 1 saturated heterocycles. The van der Waals surface area contributed by atoms with Gasteiger partial charge >= 0.3 is 11.9 Å². The number of amides is 1. The molecule has 5 rings (SSSR count). The number of aryl methyl sites for hydroxylation is 1. The van der Waals surface area contributed by atoms with Gasteiger partial charge in [-0.05, 0) is 44.6 Å². The number of hydrogen-bond acceptors (Lipinski definition) is 8. The normalized spacial score (nSPS) is 20.3. The highest BCUT2D eigenvalue weighted by Gasteiger charge is 2.43. The van der Waals surface area contributed by atoms with Crippen molar-refractivity contribution in [3.8, 4) is 0 Å². The molecule has 0 N–H and O–H groups in total. The van der Waals surface area contributed by atoms with Crippen molar-refractivity contribution in [2.75, 3.05) is 26.3 Å². The van der Waals surface area contributed by atoms with E-state index in [1.54, 1.807) is 18.7 Å². The summed E-state index contributed by atoms with van der Waals surface area (Å²) in [7, 11) is 0. The Labute approximate surface area is 245 Å². The van der Waals surface area contributed by atoms with Crippen LogP contribution in [0.15, 0.2) is 76.3 Å². The summed E-state index contributed by atoms with van der Waals surface area (Å²) in [6.45, 7) is 7.11. The molecule has 2 atom stereocenters. The third-order valence-electron chi connectivity index (χ3n) is 7.44. The van der Waals surface area contributed by atoms with E-state index in [0.29, 0.717) is 36.1 Å². The number of esters is 2. The minimum absolute atomic E-state index is 0.0642. The summed E-state index contributed by atoms with van der Waals surface area (Å²) in [6, 6.07) is 17.2. The highest BCUT2D eigenvalue weighted by atomic mass is 32.2. The van der Waals surface area contributed by atoms with Crippen LogP contribution < -0.4 is 0 Å². The van der Waals surface area contributed by atoms with Gasteiger partial charge in [0.1, 0.15) is 0 Å². The molecule has 0 spiro atoms. The lowest BCUT2D eigenvalue weighted by atomic mass is 9.90. The first kappa shape index (κ1) is 28.7. The average molecular weight is 574 g/mol. The van der Waals surface area contributed by atoms with E-state index in [4.69, 9.17) is 14.5 Å². The molecule has 0 bridgehead atoms. The van der Waals surface area contributed by atoms with Crippen LogP contribution >= 0.6 is 11.8 Å². The van der Waals surface area contributed by atoms with E-state index in [0.717, 1.165) is 35.2 Å². The van der Waals surface area contributed by atoms with Crippen LogP contribution in [0.1, 0.15) is 55.8 Å². The van der Waals surface area contributed by atoms with Crippen molar-refractivity contribution in [2.24, 2.45) is 10.9 Å². The minimum atomic E-state index is -0.528. The fourth-order valence-corrected chi connectivity index (χ4v) is 6.49. The van der Waals surface area contributed by atoms with Gasteiger partial charge in [-0.2, -0.15) is 0 Å². The van der Waals surface area contributed by atoms with E-state index in [2.05, 4.69) is 6.07 Å². The largest absolute Gasteiger partial charge is 0.466 e. The van der Waals surface area contributed by atoms with Crippen molar-refractivity contribution in [1.82, 2.24) is 9.80 Å². The highest BCUT2D eigenvalue weighted by molar-refractivity contribution is 8.16. The molecule has 3 aliphatic heterocycles. The molecular formula is C32H35N3O5S. The first-order valence-corrected chi connectivity index (χ1v) is 15.0. The number of rotatable bonds is 8. The number of hydrogen-bond donors (Lipinski definition) is 0. The van der Waals surface area contributed by atoms with Gasteiger partial charge in [0.15, 0.2) is 5.17 Å². The quantitative estimate of drug-likeness (QED) is 0.388. The van der Waals surface area contributed by atoms with Gasteiger partial charge in [-0.1, -0.05) is 71.9 Å². The summed E-state index contributed by atoms with van der Waals surface area (Å²) in [5, 5.41) is 2.65. The molecule has 0 saturated carbocycles. The molecule has 0 aromatic heterocycles. The Morgan fingerprint density at radius 3 is 2.54 bits per heavy atom. The topological polar surface area (TPSA) is 88.5 Å². The number of fused-ring (bicyclic) bond motifs is 1. The number of benzene rings is 2. The molecule has 41 heavy (non-hydrogen) atoms. The molecule has 0 aliphatic carbocycles. The molecule has 9 heteroatoms. The second-order valence-corrected chi connectivity index (χ2v) is 11.1. The number of nitrogens with zero attached hydrogens (tertiary/aromatic N) is 3. The van der Waals surface area contributed by atoms with Crippen LogP contribution in [-0.2, 0) is 23.9 Å². The number of carbonyl (C=O) groups is 3. The Kier molecular flexibility index (Phi) is 8.93. The van der Waals surface area contributed by atoms with Gasteiger partial charge in [-0.3, -0.25) is 9.59 Å². The van der Waals surface area contributed by atoms with Crippen molar-refractivity contribution in [3.63, 3.8) is 0 Å². The first-order valence-electron chi connectivity index (χ1n) is 14.1. The summed E-state index contributed by atoms with van der Waals surface area (Å²) in [4.78, 5) is 48.4. The standard InChI is InChI=1S/C32H35N3O5S/c1-4-39-30(37)24-15-10-16-34(19-24)26(36)18-25-20-41-32-33-28(22-12-7-6-8-13-22)27(31(38)40-5-2)29(35(25)32)23-14-9-11-21(3)17-23/h6-9,11-14,17,20,24,29H,4-5,10,15-16,18-19H2,1-3H3/t24-,29-/m1/s1. The van der Waals surface area contributed by atoms with Crippen molar-refractivity contribution in [1.29, 1.82) is 0 Å². The van der Waals surface area contributed by atoms with Crippen LogP contribution in [-0.4, -0.2) is 59.1 Å². The van der Waals surface area contributed by atoms with Crippen LogP contribution in [0.4, 0.5) is 0 Å². The lowest BCUT2D eigenvalue weighted by Crippen LogP contribution is -2.44. The molecule has 8 nitrogen and oxygen atoms in total. The number of amidine groups is 1. The van der Waals surface area contributed by atoms with Gasteiger partial charge in [0.2, 0.25) is 5.91 Å². The smallest absolute Gasteiger partial charge is 0.338 e. The number of piperidine rings is 1. The molecule has 0 unspecified atom stereocenters. The zero-order valence-corrected chi connectivity index (χ0v) is 24.5. The van der Waals surface area contributed by atoms with Crippen molar-refractivity contribution in [2.45, 2.75) is 46.1 Å². The van der Waals surface area contributed by atoms with Gasteiger partial charge in [-0.15, -0.1) is 0 Å². The summed E-state index contributed by atoms with van der Waals surface area (Å²) in [5.41, 5.74) is 4.57. The highest BCUT2D eigenvalue weighted by Crippen LogP contribution is 2.47. The van der Waals surface area contributed by atoms with Gasteiger partial charge in [-0.25, -0.2) is 9.79 Å². The second kappa shape index (κ2) is 12.8. The predicted octanol–water partition coefficient (Wildman–Crippen LogP) is 5.46. The van der Waals surface area contributed by atoms with E-state index in [9.17, 15) is 14.4 Å². The number of likely N-dealkylation sites (tertiary alicyclic amines) is 1. The maximum absolute atomic E-state index is 13.6. The summed E-state index contributed by atoms with van der Waals surface area (Å²) in [6.07, 6.45) is 1.59. The van der Waals surface area contributed by atoms with Crippen LogP contribution in [0, 0.1) is 12.8 Å². The lowest BCUT2D eigenvalue weighted by molar-refractivity contribution is -0.151. The fraction of sp³-hybridized carbons (Fsp3) is 0.375. The van der Waals surface area contributed by atoms with Crippen LogP contribution in [0.5, 0.6) is 0 Å². The number of carbonyl (C=O) groups excluding carboxylic acids is 3. The van der Waals surface area contributed by atoms with E-state index in [1.165, 1.54) is 11.8 Å². The molecule has 1 fully saturated rings. The molecule has 2 aromatic rings. The Morgan fingerprint density at radius 1 is 1.02 bits per heavy atom. The van der Waals surface area contributed by atoms with Crippen LogP contribution in [0.25, 0.3) is 5.70 Å². The Morgan fingerprint density at radius 2 is 1.80 bits per heavy atom. The first-order chi connectivity index (χ1) is 19.9. The fourth-order valence-electron chi connectivity index (χ4n) is 5.57. The zero-order valence-electron chi connectivity index (χ0n) is 23.7. The molecular weight excluding hydrogens is 538 g/mol. The predicted molar refractivity (Wildman–Crippen MR) is 159 cm³/mol. The third kappa shape index (κ3) is 6.10. The number of ether oxygens (including phenoxy) is 2. The van der Waals surface area contributed by atoms with Gasteiger partial charge in [0, 0.05) is 24.4 Å². The Bertz CT molecular complexity index is 1420. The molecule has 3 heterocycles. The third-order valence-corrected chi connectivity index (χ3v) is 8.33. The summed E-state index contributed by atoms with van der Waals surface area (Å²) < 4.78 is 10.8. The van der Waals surface area contributed by atoms with Crippen molar-refractivity contribution < 1.29 is 23.9 Å². The minimum Gasteiger partial charge on any atom is -0.466 e. The molecule has 214 valence electrons. The molecule has 1 amide bonds. The number of aliphatic imine (C=N–C) groups is 1. The maximum Gasteiger partial charge on any atom is 0.338 e. The van der Waals surface area contributed by atoms with Gasteiger partial charge in [0.25, 0.3) is 0 Å². The van der Waals surface area contributed by atoms with Crippen LogP contribution in [0.3, 0.4) is 0 Å². The van der Waals surface area contributed by atoms with E-state index < -0.39 is 12.0 Å². The average Bonchev–Trinajstić information content (AvgIpc) is 3.39. The van der Waals surface area contributed by atoms with Crippen LogP contribution in [0.2, 0.25) is 0 Å². The Hall–Kier alpha value is -3.85. The monoisotopic (exact) mass is 573 g/mol. The second-order valence-electron chi connectivity index (χ2n) is 10.3. The van der Waals surface area contributed by atoms with E-state index in [-0.39, 0.29) is 30.8 Å². The summed E-state index contributed by atoms with van der Waals surface area (Å²) >= 11 is 1.45. The molecule has 2 aromatic carbocycles. The molecule has 3 aliphatic rings.